The fraction of sp³-hybridized carbons (Fsp3) is 0. The minimum absolute atomic E-state index is 1.10. The summed E-state index contributed by atoms with van der Waals surface area (Å²) in [5.74, 6) is 0. The minimum atomic E-state index is 1.10. The number of rotatable bonds is 1. The molecule has 0 bridgehead atoms. The molecule has 0 rings (SSSR count). The van der Waals surface area contributed by atoms with Crippen LogP contribution in [-0.4, -0.2) is 12.5 Å². The third kappa shape index (κ3) is 1.34. The van der Waals surface area contributed by atoms with E-state index in [0.29, 0.717) is 0 Å². The van der Waals surface area contributed by atoms with Crippen LogP contribution in [0.1, 0.15) is 0 Å². The van der Waals surface area contributed by atoms with E-state index >= 15 is 0 Å². The smallest absolute Gasteiger partial charge is 0.255 e. The molecule has 4 heavy (non-hydrogen) atoms. The lowest BCUT2D eigenvalue weighted by Gasteiger charge is -1.30. The highest BCUT2D eigenvalue weighted by Gasteiger charge is 1.48. The van der Waals surface area contributed by atoms with Gasteiger partial charge in [0.1, 0.15) is 6.21 Å². The fourth-order valence-corrected chi connectivity index (χ4v) is 0. The van der Waals surface area contributed by atoms with Crippen molar-refractivity contribution in [3.63, 3.8) is 0 Å². The molecule has 0 aliphatic rings. The summed E-state index contributed by atoms with van der Waals surface area (Å²) in [6.07, 6.45) is 2.47. The zero-order valence-corrected chi connectivity index (χ0v) is 1.91. The van der Waals surface area contributed by atoms with E-state index in [9.17, 15) is 0 Å². The number of carbonyl (C=O) groups excluding carboxylic acids is 1. The Morgan fingerprint density at radius 1 is 1.75 bits per heavy atom. The number of nitrogens with one attached hydrogen (secondary N) is 1. The fourth-order valence-electron chi connectivity index (χ4n) is 0. The van der Waals surface area contributed by atoms with E-state index in [1.807, 2.05) is 0 Å². The Labute approximate surface area is 24.0 Å². The van der Waals surface area contributed by atoms with E-state index in [-0.39, 0.29) is 0 Å². The molecule has 0 saturated heterocycles. The topological polar surface area (TPSA) is 40.9 Å². The number of hydrogen-bond donors (Lipinski definition) is 1. The highest BCUT2D eigenvalue weighted by Crippen LogP contribution is 1.15. The van der Waals surface area contributed by atoms with E-state index in [2.05, 4.69) is 0 Å². The van der Waals surface area contributed by atoms with Gasteiger partial charge in [-0.25, -0.2) is 0 Å². The van der Waals surface area contributed by atoms with Crippen LogP contribution in [0.2, 0.25) is 0 Å². The summed E-state index contributed by atoms with van der Waals surface area (Å²) < 4.78 is 0. The van der Waals surface area contributed by atoms with E-state index in [0.717, 1.165) is 6.29 Å². The van der Waals surface area contributed by atoms with Crippen molar-refractivity contribution in [2.24, 2.45) is 0 Å². The van der Waals surface area contributed by atoms with Crippen LogP contribution in [0, 0.1) is 5.41 Å². The minimum Gasteiger partial charge on any atom is -0.295 e. The number of hydrogen-bond acceptors (Lipinski definition) is 2. The average molecular weight is 55.0 g/mol. The third-order valence-corrected chi connectivity index (χ3v) is 0.0510. The van der Waals surface area contributed by atoms with Crippen molar-refractivity contribution in [1.82, 2.24) is 0 Å². The van der Waals surface area contributed by atoms with Crippen LogP contribution in [0.3, 0.4) is 0 Å². The maximum atomic E-state index is 8.75. The van der Waals surface area contributed by atoms with Crippen LogP contribution in [-0.2, 0) is 4.79 Å². The first-order valence-corrected chi connectivity index (χ1v) is 0.704. The molecular formula is C2HNO. The molecule has 0 unspecified atom stereocenters. The van der Waals surface area contributed by atoms with Crippen molar-refractivity contribution in [2.45, 2.75) is 0 Å². The van der Waals surface area contributed by atoms with Crippen molar-refractivity contribution in [1.29, 1.82) is 5.41 Å². The second-order valence-corrected chi connectivity index (χ2v) is 0.227. The largest absolute Gasteiger partial charge is 0.295 e. The Balaban J connectivity index is 2.73. The summed E-state index contributed by atoms with van der Waals surface area (Å²) in [5, 5.41) is 5.78. The van der Waals surface area contributed by atoms with E-state index in [4.69, 9.17) is 10.2 Å². The highest BCUT2D eigenvalue weighted by atomic mass is 16.1. The van der Waals surface area contributed by atoms with E-state index in [1.165, 1.54) is 6.21 Å². The molecule has 2 nitrogen and oxygen atoms in total. The van der Waals surface area contributed by atoms with Gasteiger partial charge in [-0.2, -0.15) is 0 Å². The zero-order valence-electron chi connectivity index (χ0n) is 1.91. The molecule has 0 aliphatic carbocycles. The molecule has 2 radical (unpaired) electrons. The van der Waals surface area contributed by atoms with Gasteiger partial charge in [-0.3, -0.25) is 10.2 Å². The van der Waals surface area contributed by atoms with Crippen LogP contribution < -0.4 is 0 Å². The molecular weight excluding hydrogens is 54.0 g/mol. The van der Waals surface area contributed by atoms with Gasteiger partial charge in [-0.1, -0.05) is 0 Å². The summed E-state index contributed by atoms with van der Waals surface area (Å²) in [6, 6.07) is 0. The first kappa shape index (κ1) is 3.34. The normalized spacial score (nSPS) is 5.00. The first-order valence-electron chi connectivity index (χ1n) is 0.704. The van der Waals surface area contributed by atoms with Crippen molar-refractivity contribution in [2.75, 3.05) is 0 Å². The van der Waals surface area contributed by atoms with Gasteiger partial charge in [0.15, 0.2) is 0 Å². The first-order chi connectivity index (χ1) is 1.91. The summed E-state index contributed by atoms with van der Waals surface area (Å²) in [4.78, 5) is 8.75. The van der Waals surface area contributed by atoms with E-state index < -0.39 is 0 Å². The lowest BCUT2D eigenvalue weighted by atomic mass is 10.9. The molecule has 0 aromatic heterocycles. The summed E-state index contributed by atoms with van der Waals surface area (Å²) in [6.45, 7) is 0. The highest BCUT2D eigenvalue weighted by molar-refractivity contribution is 6.11. The van der Waals surface area contributed by atoms with Crippen LogP contribution in [0.4, 0.5) is 0 Å². The van der Waals surface area contributed by atoms with Crippen LogP contribution in [0.25, 0.3) is 0 Å². The summed E-state index contributed by atoms with van der Waals surface area (Å²) in [5.41, 5.74) is 0. The average Bonchev–Trinajstić information content (AvgIpc) is 1.37. The van der Waals surface area contributed by atoms with Gasteiger partial charge in [-0.15, -0.1) is 0 Å². The van der Waals surface area contributed by atoms with Gasteiger partial charge in [-0.05, 0) is 0 Å². The Morgan fingerprint density at radius 2 is 2.00 bits per heavy atom. The van der Waals surface area contributed by atoms with E-state index in [1.54, 1.807) is 0 Å². The predicted octanol–water partition coefficient (Wildman–Crippen LogP) is -0.377. The molecule has 2 heteroatoms. The van der Waals surface area contributed by atoms with Crippen LogP contribution in [0.15, 0.2) is 0 Å². The standard InChI is InChI=1S/C2HNO/c3-1-2-4/h3H. The molecule has 0 saturated carbocycles. The maximum Gasteiger partial charge on any atom is 0.255 e. The van der Waals surface area contributed by atoms with Crippen molar-refractivity contribution in [3.05, 3.63) is 0 Å². The van der Waals surface area contributed by atoms with Crippen molar-refractivity contribution >= 4 is 12.5 Å². The van der Waals surface area contributed by atoms with Gasteiger partial charge >= 0.3 is 0 Å². The van der Waals surface area contributed by atoms with Gasteiger partial charge in [0.2, 0.25) is 0 Å². The molecule has 0 fully saturated rings. The second kappa shape index (κ2) is 2.34. The van der Waals surface area contributed by atoms with Gasteiger partial charge < -0.3 is 0 Å². The lowest BCUT2D eigenvalue weighted by Crippen LogP contribution is -1.60. The van der Waals surface area contributed by atoms with Gasteiger partial charge in [0.05, 0.1) is 0 Å². The Hall–Kier alpha value is -0.660. The Morgan fingerprint density at radius 3 is 2.00 bits per heavy atom. The van der Waals surface area contributed by atoms with Gasteiger partial charge in [0, 0.05) is 0 Å². The molecule has 0 heterocycles. The monoisotopic (exact) mass is 55.0 g/mol. The predicted molar refractivity (Wildman–Crippen MR) is 13.4 cm³/mol. The SMILES string of the molecule is N=[C][C]=O. The zero-order chi connectivity index (χ0) is 3.41. The molecule has 1 N–H and O–H groups in total. The van der Waals surface area contributed by atoms with Crippen LogP contribution in [0.5, 0.6) is 0 Å². The van der Waals surface area contributed by atoms with Crippen LogP contribution >= 0.6 is 0 Å². The molecule has 0 atom stereocenters. The third-order valence-electron chi connectivity index (χ3n) is 0.0510. The maximum absolute atomic E-state index is 8.75. The lowest BCUT2D eigenvalue weighted by molar-refractivity contribution is 0.567. The summed E-state index contributed by atoms with van der Waals surface area (Å²) in [7, 11) is 0. The van der Waals surface area contributed by atoms with Gasteiger partial charge in [0.25, 0.3) is 6.29 Å². The molecule has 20 valence electrons. The quantitative estimate of drug-likeness (QED) is 0.408. The molecule has 0 amide bonds. The van der Waals surface area contributed by atoms with Crippen molar-refractivity contribution in [3.8, 4) is 0 Å². The van der Waals surface area contributed by atoms with Crippen molar-refractivity contribution < 1.29 is 4.79 Å². The Kier molecular flexibility index (Phi) is 1.95. The molecule has 0 aliphatic heterocycles. The summed E-state index contributed by atoms with van der Waals surface area (Å²) >= 11 is 0. The second-order valence-electron chi connectivity index (χ2n) is 0.227. The molecule has 0 aromatic carbocycles. The Bertz CT molecular complexity index is 27.0. The molecule has 0 aromatic rings. The molecule has 0 spiro atoms.